The zero-order valence-electron chi connectivity index (χ0n) is 14.2. The van der Waals surface area contributed by atoms with Crippen LogP contribution in [-0.4, -0.2) is 37.2 Å². The fourth-order valence-electron chi connectivity index (χ4n) is 3.30. The average Bonchev–Trinajstić information content (AvgIpc) is 2.92. The van der Waals surface area contributed by atoms with Gasteiger partial charge in [0.15, 0.2) is 0 Å². The van der Waals surface area contributed by atoms with E-state index in [2.05, 4.69) is 10.3 Å². The largest absolute Gasteiger partial charge is 0.497 e. The lowest BCUT2D eigenvalue weighted by atomic mass is 9.97. The summed E-state index contributed by atoms with van der Waals surface area (Å²) >= 11 is 0. The number of likely N-dealkylation sites (N-methyl/N-ethyl adjacent to an activating group) is 1. The van der Waals surface area contributed by atoms with Crippen molar-refractivity contribution in [1.82, 2.24) is 9.99 Å². The summed E-state index contributed by atoms with van der Waals surface area (Å²) in [4.78, 5) is 17.2. The van der Waals surface area contributed by atoms with E-state index < -0.39 is 0 Å². The number of anilines is 2. The third-order valence-corrected chi connectivity index (χ3v) is 4.54. The standard InChI is InChI=1S/C18H18N4O3/c1-21-17-13-8-16(25-3)20-10-15(13)19-9-14(17)18(23)22(21)11-4-6-12(24-2)7-5-11/h4-10,17,19H,1-3H3. The highest BCUT2D eigenvalue weighted by Crippen LogP contribution is 2.44. The lowest BCUT2D eigenvalue weighted by molar-refractivity contribution is -0.115. The molecule has 7 heteroatoms. The molecule has 0 aliphatic carbocycles. The van der Waals surface area contributed by atoms with E-state index in [1.54, 1.807) is 31.6 Å². The summed E-state index contributed by atoms with van der Waals surface area (Å²) in [6.07, 6.45) is 3.47. The SMILES string of the molecule is COc1ccc(N2C(=O)C3=CNc4cnc(OC)cc4C3N2C)cc1. The van der Waals surface area contributed by atoms with Gasteiger partial charge in [-0.3, -0.25) is 4.79 Å². The van der Waals surface area contributed by atoms with Gasteiger partial charge in [0.25, 0.3) is 5.91 Å². The topological polar surface area (TPSA) is 66.9 Å². The molecule has 1 N–H and O–H groups in total. The third kappa shape index (κ3) is 2.32. The van der Waals surface area contributed by atoms with E-state index in [0.717, 1.165) is 22.7 Å². The molecular formula is C18H18N4O3. The van der Waals surface area contributed by atoms with Crippen molar-refractivity contribution in [3.8, 4) is 11.6 Å². The lowest BCUT2D eigenvalue weighted by Gasteiger charge is -2.30. The lowest BCUT2D eigenvalue weighted by Crippen LogP contribution is -2.37. The van der Waals surface area contributed by atoms with Gasteiger partial charge in [-0.25, -0.2) is 15.0 Å². The van der Waals surface area contributed by atoms with Gasteiger partial charge in [-0.2, -0.15) is 0 Å². The molecule has 4 rings (SSSR count). The fourth-order valence-corrected chi connectivity index (χ4v) is 3.30. The molecule has 0 spiro atoms. The summed E-state index contributed by atoms with van der Waals surface area (Å²) in [7, 11) is 5.09. The maximum Gasteiger partial charge on any atom is 0.272 e. The van der Waals surface area contributed by atoms with Gasteiger partial charge < -0.3 is 14.8 Å². The van der Waals surface area contributed by atoms with Crippen molar-refractivity contribution in [2.45, 2.75) is 6.04 Å². The number of hydrogen-bond acceptors (Lipinski definition) is 6. The van der Waals surface area contributed by atoms with Crippen LogP contribution in [0, 0.1) is 0 Å². The number of nitrogens with zero attached hydrogens (tertiary/aromatic N) is 3. The number of rotatable bonds is 3. The van der Waals surface area contributed by atoms with Crippen LogP contribution in [0.4, 0.5) is 11.4 Å². The van der Waals surface area contributed by atoms with Gasteiger partial charge in [0.05, 0.1) is 43.4 Å². The second-order valence-electron chi connectivity index (χ2n) is 5.85. The van der Waals surface area contributed by atoms with Gasteiger partial charge in [0.1, 0.15) is 5.75 Å². The minimum absolute atomic E-state index is 0.0633. The highest BCUT2D eigenvalue weighted by Gasteiger charge is 2.44. The molecule has 0 radical (unpaired) electrons. The Morgan fingerprint density at radius 1 is 1.16 bits per heavy atom. The first kappa shape index (κ1) is 15.5. The van der Waals surface area contributed by atoms with Crippen molar-refractivity contribution in [2.75, 3.05) is 31.6 Å². The normalized spacial score (nSPS) is 19.0. The molecule has 1 saturated heterocycles. The molecule has 2 aromatic rings. The van der Waals surface area contributed by atoms with Crippen LogP contribution in [0.3, 0.4) is 0 Å². The number of aromatic nitrogens is 1. The number of carbonyl (C=O) groups is 1. The minimum Gasteiger partial charge on any atom is -0.497 e. The number of hydrogen-bond donors (Lipinski definition) is 1. The Morgan fingerprint density at radius 2 is 1.92 bits per heavy atom. The second kappa shape index (κ2) is 5.78. The van der Waals surface area contributed by atoms with Crippen LogP contribution >= 0.6 is 0 Å². The van der Waals surface area contributed by atoms with E-state index in [1.807, 2.05) is 42.4 Å². The summed E-state index contributed by atoms with van der Waals surface area (Å²) in [6, 6.07) is 9.08. The summed E-state index contributed by atoms with van der Waals surface area (Å²) < 4.78 is 10.4. The number of hydrazine groups is 1. The Bertz CT molecular complexity index is 863. The molecule has 1 aromatic carbocycles. The molecule has 0 saturated carbocycles. The van der Waals surface area contributed by atoms with Crippen molar-refractivity contribution < 1.29 is 14.3 Å². The monoisotopic (exact) mass is 338 g/mol. The molecule has 128 valence electrons. The molecule has 2 aliphatic heterocycles. The Labute approximate surface area is 145 Å². The molecule has 1 atom stereocenters. The van der Waals surface area contributed by atoms with Crippen molar-refractivity contribution >= 4 is 17.3 Å². The van der Waals surface area contributed by atoms with Crippen LogP contribution in [0.2, 0.25) is 0 Å². The van der Waals surface area contributed by atoms with E-state index in [9.17, 15) is 4.79 Å². The predicted octanol–water partition coefficient (Wildman–Crippen LogP) is 2.34. The van der Waals surface area contributed by atoms with E-state index in [1.165, 1.54) is 0 Å². The van der Waals surface area contributed by atoms with Crippen molar-refractivity contribution in [3.05, 3.63) is 53.9 Å². The molecule has 7 nitrogen and oxygen atoms in total. The van der Waals surface area contributed by atoms with Gasteiger partial charge in [-0.1, -0.05) is 0 Å². The van der Waals surface area contributed by atoms with E-state index in [0.29, 0.717) is 11.5 Å². The first-order valence-corrected chi connectivity index (χ1v) is 7.86. The predicted molar refractivity (Wildman–Crippen MR) is 93.5 cm³/mol. The molecule has 1 aromatic heterocycles. The van der Waals surface area contributed by atoms with Crippen molar-refractivity contribution in [3.63, 3.8) is 0 Å². The Kier molecular flexibility index (Phi) is 3.58. The molecule has 0 bridgehead atoms. The smallest absolute Gasteiger partial charge is 0.272 e. The van der Waals surface area contributed by atoms with Crippen LogP contribution in [0.15, 0.2) is 48.3 Å². The molecular weight excluding hydrogens is 320 g/mol. The number of amides is 1. The number of pyridine rings is 1. The highest BCUT2D eigenvalue weighted by molar-refractivity contribution is 6.09. The maximum atomic E-state index is 13.0. The van der Waals surface area contributed by atoms with Crippen LogP contribution in [0.25, 0.3) is 0 Å². The molecule has 25 heavy (non-hydrogen) atoms. The van der Waals surface area contributed by atoms with Crippen LogP contribution in [0.5, 0.6) is 11.6 Å². The van der Waals surface area contributed by atoms with Crippen LogP contribution in [-0.2, 0) is 4.79 Å². The Morgan fingerprint density at radius 3 is 2.60 bits per heavy atom. The van der Waals surface area contributed by atoms with Gasteiger partial charge in [0, 0.05) is 24.9 Å². The fraction of sp³-hybridized carbons (Fsp3) is 0.222. The van der Waals surface area contributed by atoms with Gasteiger partial charge in [-0.05, 0) is 24.3 Å². The molecule has 1 amide bonds. The minimum atomic E-state index is -0.192. The number of benzene rings is 1. The van der Waals surface area contributed by atoms with E-state index in [-0.39, 0.29) is 11.9 Å². The van der Waals surface area contributed by atoms with Gasteiger partial charge in [-0.15, -0.1) is 0 Å². The first-order chi connectivity index (χ1) is 12.1. The van der Waals surface area contributed by atoms with Gasteiger partial charge in [0.2, 0.25) is 5.88 Å². The molecule has 2 aliphatic rings. The summed E-state index contributed by atoms with van der Waals surface area (Å²) in [5.41, 5.74) is 3.28. The summed E-state index contributed by atoms with van der Waals surface area (Å²) in [5, 5.41) is 6.74. The first-order valence-electron chi connectivity index (χ1n) is 7.86. The highest BCUT2D eigenvalue weighted by atomic mass is 16.5. The quantitative estimate of drug-likeness (QED) is 0.927. The zero-order valence-corrected chi connectivity index (χ0v) is 14.2. The maximum absolute atomic E-state index is 13.0. The second-order valence-corrected chi connectivity index (χ2v) is 5.85. The number of carbonyl (C=O) groups excluding carboxylic acids is 1. The van der Waals surface area contributed by atoms with Crippen molar-refractivity contribution in [2.24, 2.45) is 0 Å². The summed E-state index contributed by atoms with van der Waals surface area (Å²) in [6.45, 7) is 0. The van der Waals surface area contributed by atoms with Crippen molar-refractivity contribution in [1.29, 1.82) is 0 Å². The summed E-state index contributed by atoms with van der Waals surface area (Å²) in [5.74, 6) is 1.20. The van der Waals surface area contributed by atoms with Crippen LogP contribution < -0.4 is 19.8 Å². The van der Waals surface area contributed by atoms with E-state index in [4.69, 9.17) is 9.47 Å². The number of ether oxygens (including phenoxy) is 2. The number of nitrogens with one attached hydrogen (secondary N) is 1. The Balaban J connectivity index is 1.75. The number of fused-ring (bicyclic) bond motifs is 3. The van der Waals surface area contributed by atoms with Crippen LogP contribution in [0.1, 0.15) is 11.6 Å². The molecule has 1 fully saturated rings. The zero-order chi connectivity index (χ0) is 17.6. The third-order valence-electron chi connectivity index (χ3n) is 4.54. The van der Waals surface area contributed by atoms with E-state index >= 15 is 0 Å². The Hall–Kier alpha value is -3.06. The molecule has 1 unspecified atom stereocenters. The van der Waals surface area contributed by atoms with Gasteiger partial charge >= 0.3 is 0 Å². The molecule has 3 heterocycles. The average molecular weight is 338 g/mol. The number of methoxy groups -OCH3 is 2.